The first kappa shape index (κ1) is 12.3. The van der Waals surface area contributed by atoms with Crippen molar-refractivity contribution in [2.75, 3.05) is 0 Å². The number of rotatable bonds is 5. The average molecular weight is 212 g/mol. The van der Waals surface area contributed by atoms with Gasteiger partial charge >= 0.3 is 0 Å². The molecule has 0 fully saturated rings. The predicted molar refractivity (Wildman–Crippen MR) is 67.9 cm³/mol. The van der Waals surface area contributed by atoms with Gasteiger partial charge in [0.15, 0.2) is 0 Å². The highest BCUT2D eigenvalue weighted by Gasteiger charge is 2.28. The Balaban J connectivity index is 3.25. The average Bonchev–Trinajstić information content (AvgIpc) is 2.29. The fourth-order valence-corrected chi connectivity index (χ4v) is 1.80. The van der Waals surface area contributed by atoms with E-state index in [2.05, 4.69) is 19.1 Å². The molecule has 0 radical (unpaired) electrons. The lowest BCUT2D eigenvalue weighted by molar-refractivity contribution is 0.0427. The van der Waals surface area contributed by atoms with E-state index in [1.54, 1.807) is 12.2 Å². The Kier molecular flexibility index (Phi) is 4.10. The van der Waals surface area contributed by atoms with Gasteiger partial charge in [0.05, 0.1) is 5.60 Å². The summed E-state index contributed by atoms with van der Waals surface area (Å²) in [6.07, 6.45) is 9.72. The summed E-state index contributed by atoms with van der Waals surface area (Å²) in [5.41, 5.74) is 0.484. The molecular weight excluding hydrogens is 196 g/mol. The fraction of sp³-hybridized carbons (Fsp3) is 0.200. The normalized spacial score (nSPS) is 10.5. The molecule has 1 heteroatoms. The monoisotopic (exact) mass is 212 g/mol. The maximum atomic E-state index is 10.6. The molecule has 0 heterocycles. The van der Waals surface area contributed by atoms with E-state index < -0.39 is 5.60 Å². The van der Waals surface area contributed by atoms with E-state index in [4.69, 9.17) is 6.42 Å². The molecule has 0 aliphatic heterocycles. The van der Waals surface area contributed by atoms with Gasteiger partial charge < -0.3 is 5.11 Å². The molecule has 1 rings (SSSR count). The van der Waals surface area contributed by atoms with Crippen molar-refractivity contribution in [3.05, 3.63) is 60.7 Å². The quantitative estimate of drug-likeness (QED) is 0.587. The van der Waals surface area contributed by atoms with E-state index >= 15 is 0 Å². The minimum atomic E-state index is -0.994. The first-order valence-electron chi connectivity index (χ1n) is 5.18. The summed E-state index contributed by atoms with van der Waals surface area (Å²) in [6.45, 7) is 7.33. The molecule has 82 valence electrons. The highest BCUT2D eigenvalue weighted by atomic mass is 16.3. The lowest BCUT2D eigenvalue weighted by Gasteiger charge is -2.27. The van der Waals surface area contributed by atoms with Crippen LogP contribution >= 0.6 is 0 Å². The summed E-state index contributed by atoms with van der Waals surface area (Å²) in [7, 11) is 0. The largest absolute Gasteiger partial charge is 0.384 e. The molecular formula is C15H16O. The third kappa shape index (κ3) is 2.42. The molecule has 1 nitrogen and oxygen atoms in total. The molecule has 0 atom stereocenters. The molecule has 1 aromatic rings. The van der Waals surface area contributed by atoms with Crippen molar-refractivity contribution in [2.24, 2.45) is 0 Å². The van der Waals surface area contributed by atoms with Gasteiger partial charge in [-0.1, -0.05) is 36.3 Å². The lowest BCUT2D eigenvalue weighted by Crippen LogP contribution is -2.25. The molecule has 1 N–H and O–H groups in total. The second-order valence-electron chi connectivity index (χ2n) is 3.71. The summed E-state index contributed by atoms with van der Waals surface area (Å²) in [4.78, 5) is 0. The molecule has 0 unspecified atom stereocenters. The van der Waals surface area contributed by atoms with E-state index in [-0.39, 0.29) is 0 Å². The van der Waals surface area contributed by atoms with Gasteiger partial charge in [-0.05, 0) is 24.5 Å². The Morgan fingerprint density at radius 3 is 2.31 bits per heavy atom. The summed E-state index contributed by atoms with van der Waals surface area (Å²) in [5.74, 6) is 2.59. The van der Waals surface area contributed by atoms with Gasteiger partial charge in [-0.2, -0.15) is 0 Å². The van der Waals surface area contributed by atoms with Crippen LogP contribution in [0.3, 0.4) is 0 Å². The fourth-order valence-electron chi connectivity index (χ4n) is 1.80. The van der Waals surface area contributed by atoms with Crippen LogP contribution < -0.4 is 0 Å². The zero-order chi connectivity index (χ0) is 12.0. The van der Waals surface area contributed by atoms with E-state index in [9.17, 15) is 5.11 Å². The van der Waals surface area contributed by atoms with Gasteiger partial charge in [0.1, 0.15) is 0 Å². The molecule has 0 aromatic heterocycles. The Labute approximate surface area is 97.1 Å². The third-order valence-corrected chi connectivity index (χ3v) is 2.55. The van der Waals surface area contributed by atoms with Crippen molar-refractivity contribution in [1.82, 2.24) is 0 Å². The van der Waals surface area contributed by atoms with Crippen molar-refractivity contribution in [3.63, 3.8) is 0 Å². The standard InChI is InChI=1S/C15H16O/c1-4-11-15(16,12-5-2)14-10-8-7-9-13(14)6-3/h3-5,7-10,16H,1-2,11-12H2. The number of aliphatic hydroxyl groups is 1. The number of hydrogen-bond donors (Lipinski definition) is 1. The smallest absolute Gasteiger partial charge is 0.0976 e. The van der Waals surface area contributed by atoms with Gasteiger partial charge in [-0.25, -0.2) is 0 Å². The van der Waals surface area contributed by atoms with Crippen LogP contribution in [0.15, 0.2) is 49.6 Å². The van der Waals surface area contributed by atoms with Crippen LogP contribution in [0.4, 0.5) is 0 Å². The maximum absolute atomic E-state index is 10.6. The van der Waals surface area contributed by atoms with Crippen molar-refractivity contribution in [2.45, 2.75) is 18.4 Å². The van der Waals surface area contributed by atoms with Crippen LogP contribution in [0.2, 0.25) is 0 Å². The second kappa shape index (κ2) is 5.34. The van der Waals surface area contributed by atoms with Gasteiger partial charge in [0.2, 0.25) is 0 Å². The van der Waals surface area contributed by atoms with E-state index in [0.29, 0.717) is 18.4 Å². The van der Waals surface area contributed by atoms with Crippen LogP contribution in [0, 0.1) is 12.3 Å². The minimum Gasteiger partial charge on any atom is -0.384 e. The molecule has 0 saturated carbocycles. The predicted octanol–water partition coefficient (Wildman–Crippen LogP) is 3.01. The van der Waals surface area contributed by atoms with Crippen LogP contribution in [0.5, 0.6) is 0 Å². The molecule has 0 amide bonds. The number of terminal acetylenes is 1. The van der Waals surface area contributed by atoms with E-state index in [1.807, 2.05) is 24.3 Å². The highest BCUT2D eigenvalue weighted by molar-refractivity contribution is 5.43. The van der Waals surface area contributed by atoms with Crippen LogP contribution in [-0.4, -0.2) is 5.11 Å². The summed E-state index contributed by atoms with van der Waals surface area (Å²) in [5, 5.41) is 10.6. The summed E-state index contributed by atoms with van der Waals surface area (Å²) in [6, 6.07) is 7.41. The molecule has 0 aliphatic carbocycles. The van der Waals surface area contributed by atoms with E-state index in [0.717, 1.165) is 5.56 Å². The van der Waals surface area contributed by atoms with Gasteiger partial charge in [-0.3, -0.25) is 0 Å². The first-order chi connectivity index (χ1) is 7.68. The van der Waals surface area contributed by atoms with Gasteiger partial charge in [-0.15, -0.1) is 19.6 Å². The SMILES string of the molecule is C#Cc1ccccc1C(O)(CC=C)CC=C. The van der Waals surface area contributed by atoms with Gasteiger partial charge in [0, 0.05) is 5.56 Å². The highest BCUT2D eigenvalue weighted by Crippen LogP contribution is 2.31. The number of hydrogen-bond acceptors (Lipinski definition) is 1. The molecule has 1 aromatic carbocycles. The van der Waals surface area contributed by atoms with Crippen molar-refractivity contribution < 1.29 is 5.11 Å². The van der Waals surface area contributed by atoms with Crippen LogP contribution in [0.25, 0.3) is 0 Å². The molecule has 0 saturated heterocycles. The topological polar surface area (TPSA) is 20.2 Å². The maximum Gasteiger partial charge on any atom is 0.0976 e. The Bertz CT molecular complexity index is 413. The van der Waals surface area contributed by atoms with Crippen molar-refractivity contribution in [1.29, 1.82) is 0 Å². The van der Waals surface area contributed by atoms with Gasteiger partial charge in [0.25, 0.3) is 0 Å². The Hall–Kier alpha value is -1.78. The second-order valence-corrected chi connectivity index (χ2v) is 3.71. The zero-order valence-corrected chi connectivity index (χ0v) is 9.32. The molecule has 0 spiro atoms. The summed E-state index contributed by atoms with van der Waals surface area (Å²) < 4.78 is 0. The molecule has 0 bridgehead atoms. The minimum absolute atomic E-state index is 0.456. The molecule has 16 heavy (non-hydrogen) atoms. The zero-order valence-electron chi connectivity index (χ0n) is 9.32. The van der Waals surface area contributed by atoms with E-state index in [1.165, 1.54) is 0 Å². The third-order valence-electron chi connectivity index (χ3n) is 2.55. The van der Waals surface area contributed by atoms with Crippen LogP contribution in [0.1, 0.15) is 24.0 Å². The lowest BCUT2D eigenvalue weighted by atomic mass is 9.84. The van der Waals surface area contributed by atoms with Crippen LogP contribution in [-0.2, 0) is 5.60 Å². The Morgan fingerprint density at radius 1 is 1.25 bits per heavy atom. The molecule has 0 aliphatic rings. The summed E-state index contributed by atoms with van der Waals surface area (Å²) >= 11 is 0. The first-order valence-corrected chi connectivity index (χ1v) is 5.18. The Morgan fingerprint density at radius 2 is 1.81 bits per heavy atom. The number of benzene rings is 1. The van der Waals surface area contributed by atoms with Crippen molar-refractivity contribution >= 4 is 0 Å². The van der Waals surface area contributed by atoms with Crippen molar-refractivity contribution in [3.8, 4) is 12.3 Å².